The van der Waals surface area contributed by atoms with Crippen LogP contribution in [0.4, 0.5) is 15.8 Å². The fourth-order valence-electron chi connectivity index (χ4n) is 3.82. The average Bonchev–Trinajstić information content (AvgIpc) is 2.81. The number of nitrogens with zero attached hydrogens (tertiary/aromatic N) is 2. The molecule has 3 aromatic carbocycles. The molecule has 170 valence electrons. The second-order valence-electron chi connectivity index (χ2n) is 7.77. The summed E-state index contributed by atoms with van der Waals surface area (Å²) in [5, 5.41) is 3.49. The molecule has 0 aromatic heterocycles. The van der Waals surface area contributed by atoms with Crippen molar-refractivity contribution in [2.24, 2.45) is 0 Å². The normalized spacial score (nSPS) is 13.7. The molecule has 3 aromatic rings. The van der Waals surface area contributed by atoms with Crippen molar-refractivity contribution < 1.29 is 14.0 Å². The second kappa shape index (κ2) is 10.4. The minimum Gasteiger partial charge on any atom is -0.366 e. The summed E-state index contributed by atoms with van der Waals surface area (Å²) in [5.74, 6) is -0.973. The number of carbonyl (C=O) groups is 2. The van der Waals surface area contributed by atoms with Crippen LogP contribution in [0.3, 0.4) is 0 Å². The molecule has 1 saturated heterocycles. The van der Waals surface area contributed by atoms with Crippen molar-refractivity contribution in [2.75, 3.05) is 36.4 Å². The van der Waals surface area contributed by atoms with Crippen molar-refractivity contribution >= 4 is 50.7 Å². The summed E-state index contributed by atoms with van der Waals surface area (Å²) >= 11 is 9.59. The van der Waals surface area contributed by atoms with E-state index in [-0.39, 0.29) is 23.8 Å². The van der Waals surface area contributed by atoms with Gasteiger partial charge in [0.25, 0.3) is 5.91 Å². The molecule has 1 aliphatic rings. The van der Waals surface area contributed by atoms with Gasteiger partial charge in [-0.3, -0.25) is 9.59 Å². The molecule has 33 heavy (non-hydrogen) atoms. The number of anilines is 2. The minimum absolute atomic E-state index is 0.0818. The Morgan fingerprint density at radius 2 is 1.67 bits per heavy atom. The Labute approximate surface area is 205 Å². The molecule has 0 aliphatic carbocycles. The second-order valence-corrected chi connectivity index (χ2v) is 9.12. The van der Waals surface area contributed by atoms with Gasteiger partial charge in [-0.2, -0.15) is 0 Å². The van der Waals surface area contributed by atoms with Crippen molar-refractivity contribution in [3.8, 4) is 0 Å². The van der Waals surface area contributed by atoms with Crippen LogP contribution in [0.5, 0.6) is 0 Å². The highest BCUT2D eigenvalue weighted by atomic mass is 79.9. The first kappa shape index (κ1) is 23.3. The number of rotatable bonds is 5. The lowest BCUT2D eigenvalue weighted by atomic mass is 10.1. The summed E-state index contributed by atoms with van der Waals surface area (Å²) in [6.45, 7) is 2.00. The molecule has 0 unspecified atom stereocenters. The highest BCUT2D eigenvalue weighted by molar-refractivity contribution is 9.10. The molecule has 1 heterocycles. The van der Waals surface area contributed by atoms with Gasteiger partial charge in [0.2, 0.25) is 5.91 Å². The summed E-state index contributed by atoms with van der Waals surface area (Å²) in [6.07, 6.45) is 0.240. The van der Waals surface area contributed by atoms with Crippen molar-refractivity contribution in [3.05, 3.63) is 93.2 Å². The van der Waals surface area contributed by atoms with E-state index in [9.17, 15) is 14.0 Å². The third-order valence-electron chi connectivity index (χ3n) is 5.52. The Bertz CT molecular complexity index is 1160. The van der Waals surface area contributed by atoms with Crippen molar-refractivity contribution in [1.82, 2.24) is 4.90 Å². The van der Waals surface area contributed by atoms with E-state index < -0.39 is 5.82 Å². The Morgan fingerprint density at radius 1 is 0.970 bits per heavy atom. The van der Waals surface area contributed by atoms with Crippen LogP contribution in [0.15, 0.2) is 71.2 Å². The van der Waals surface area contributed by atoms with Crippen LogP contribution in [-0.4, -0.2) is 42.9 Å². The van der Waals surface area contributed by atoms with E-state index in [1.807, 2.05) is 30.3 Å². The van der Waals surface area contributed by atoms with Gasteiger partial charge in [0.05, 0.1) is 23.4 Å². The predicted octanol–water partition coefficient (Wildman–Crippen LogP) is 5.39. The van der Waals surface area contributed by atoms with E-state index in [0.717, 1.165) is 15.7 Å². The van der Waals surface area contributed by atoms with Gasteiger partial charge in [-0.05, 0) is 48.0 Å². The average molecular weight is 531 g/mol. The fraction of sp³-hybridized carbons (Fsp3) is 0.200. The van der Waals surface area contributed by atoms with Gasteiger partial charge in [-0.1, -0.05) is 51.8 Å². The lowest BCUT2D eigenvalue weighted by Crippen LogP contribution is -2.49. The highest BCUT2D eigenvalue weighted by Gasteiger charge is 2.25. The molecule has 0 radical (unpaired) electrons. The molecule has 0 atom stereocenters. The maximum Gasteiger partial charge on any atom is 0.256 e. The largest absolute Gasteiger partial charge is 0.366 e. The number of hydrogen-bond acceptors (Lipinski definition) is 3. The number of carbonyl (C=O) groups excluding carboxylic acids is 2. The standard InChI is InChI=1S/C25H22BrClFN3O2/c26-18-7-5-17(6-8-18)15-24(32)29-22-16-19(27)9-10-23(22)30-11-13-31(14-12-30)25(33)20-3-1-2-4-21(20)28/h1-10,16H,11-15H2,(H,29,32). The Morgan fingerprint density at radius 3 is 2.36 bits per heavy atom. The quantitative estimate of drug-likeness (QED) is 0.482. The molecule has 1 aliphatic heterocycles. The summed E-state index contributed by atoms with van der Waals surface area (Å²) in [4.78, 5) is 29.1. The maximum atomic E-state index is 14.0. The molecule has 1 fully saturated rings. The number of amides is 2. The van der Waals surface area contributed by atoms with E-state index in [2.05, 4.69) is 26.1 Å². The van der Waals surface area contributed by atoms with Gasteiger partial charge in [0.15, 0.2) is 0 Å². The summed E-state index contributed by atoms with van der Waals surface area (Å²) in [5.41, 5.74) is 2.44. The zero-order chi connectivity index (χ0) is 23.4. The molecular weight excluding hydrogens is 509 g/mol. The van der Waals surface area contributed by atoms with Gasteiger partial charge < -0.3 is 15.1 Å². The van der Waals surface area contributed by atoms with E-state index in [1.165, 1.54) is 12.1 Å². The third-order valence-corrected chi connectivity index (χ3v) is 6.29. The van der Waals surface area contributed by atoms with Crippen LogP contribution >= 0.6 is 27.5 Å². The zero-order valence-corrected chi connectivity index (χ0v) is 20.1. The third kappa shape index (κ3) is 5.72. The number of hydrogen-bond donors (Lipinski definition) is 1. The summed E-state index contributed by atoms with van der Waals surface area (Å²) in [7, 11) is 0. The minimum atomic E-state index is -0.515. The van der Waals surface area contributed by atoms with Gasteiger partial charge in [-0.15, -0.1) is 0 Å². The summed E-state index contributed by atoms with van der Waals surface area (Å²) < 4.78 is 15.0. The van der Waals surface area contributed by atoms with Gasteiger partial charge >= 0.3 is 0 Å². The topological polar surface area (TPSA) is 52.7 Å². The lowest BCUT2D eigenvalue weighted by Gasteiger charge is -2.37. The van der Waals surface area contributed by atoms with Crippen LogP contribution < -0.4 is 10.2 Å². The zero-order valence-electron chi connectivity index (χ0n) is 17.7. The van der Waals surface area contributed by atoms with E-state index in [1.54, 1.807) is 29.2 Å². The first-order valence-corrected chi connectivity index (χ1v) is 11.7. The molecule has 0 spiro atoms. The predicted molar refractivity (Wildman–Crippen MR) is 132 cm³/mol. The van der Waals surface area contributed by atoms with Crippen LogP contribution in [0.25, 0.3) is 0 Å². The Balaban J connectivity index is 1.43. The number of benzene rings is 3. The highest BCUT2D eigenvalue weighted by Crippen LogP contribution is 2.30. The lowest BCUT2D eigenvalue weighted by molar-refractivity contribution is -0.115. The van der Waals surface area contributed by atoms with Gasteiger partial charge in [0.1, 0.15) is 5.82 Å². The SMILES string of the molecule is O=C(Cc1ccc(Br)cc1)Nc1cc(Cl)ccc1N1CCN(C(=O)c2ccccc2F)CC1. The van der Waals surface area contributed by atoms with E-state index >= 15 is 0 Å². The Kier molecular flexibility index (Phi) is 7.30. The smallest absolute Gasteiger partial charge is 0.256 e. The monoisotopic (exact) mass is 529 g/mol. The number of halogens is 3. The van der Waals surface area contributed by atoms with E-state index in [0.29, 0.717) is 36.9 Å². The van der Waals surface area contributed by atoms with E-state index in [4.69, 9.17) is 11.6 Å². The van der Waals surface area contributed by atoms with Crippen molar-refractivity contribution in [2.45, 2.75) is 6.42 Å². The maximum absolute atomic E-state index is 14.0. The molecule has 4 rings (SSSR count). The first-order chi connectivity index (χ1) is 15.9. The van der Waals surface area contributed by atoms with Crippen LogP contribution in [0.1, 0.15) is 15.9 Å². The Hall–Kier alpha value is -2.90. The summed E-state index contributed by atoms with van der Waals surface area (Å²) in [6, 6.07) is 19.0. The molecule has 1 N–H and O–H groups in total. The molecule has 8 heteroatoms. The fourth-order valence-corrected chi connectivity index (χ4v) is 4.26. The molecule has 0 saturated carbocycles. The van der Waals surface area contributed by atoms with Crippen LogP contribution in [0.2, 0.25) is 5.02 Å². The van der Waals surface area contributed by atoms with Crippen molar-refractivity contribution in [1.29, 1.82) is 0 Å². The van der Waals surface area contributed by atoms with Gasteiger partial charge in [-0.25, -0.2) is 4.39 Å². The number of piperazine rings is 1. The molecule has 2 amide bonds. The van der Waals surface area contributed by atoms with Gasteiger partial charge in [0, 0.05) is 35.7 Å². The van der Waals surface area contributed by atoms with Crippen LogP contribution in [0, 0.1) is 5.82 Å². The number of nitrogens with one attached hydrogen (secondary N) is 1. The molecule has 0 bridgehead atoms. The van der Waals surface area contributed by atoms with Crippen LogP contribution in [-0.2, 0) is 11.2 Å². The molecular formula is C25H22BrClFN3O2. The molecule has 5 nitrogen and oxygen atoms in total. The van der Waals surface area contributed by atoms with Crippen molar-refractivity contribution in [3.63, 3.8) is 0 Å². The first-order valence-electron chi connectivity index (χ1n) is 10.5.